The van der Waals surface area contributed by atoms with Gasteiger partial charge in [0.15, 0.2) is 5.49 Å². The second-order valence-corrected chi connectivity index (χ2v) is 6.09. The topological polar surface area (TPSA) is 87.2 Å². The average molecular weight is 337 g/mol. The molecule has 1 aromatic carbocycles. The molecule has 0 amide bonds. The molecule has 2 aliphatic rings. The molecule has 25 heavy (non-hydrogen) atoms. The van der Waals surface area contributed by atoms with E-state index in [1.807, 2.05) is 24.3 Å². The zero-order chi connectivity index (χ0) is 17.2. The highest BCUT2D eigenvalue weighted by atomic mass is 16.5. The van der Waals surface area contributed by atoms with Crippen LogP contribution in [0.4, 0.5) is 5.69 Å². The van der Waals surface area contributed by atoms with Gasteiger partial charge in [0.05, 0.1) is 37.8 Å². The summed E-state index contributed by atoms with van der Waals surface area (Å²) in [7, 11) is 0. The summed E-state index contributed by atoms with van der Waals surface area (Å²) in [5, 5.41) is 22.4. The summed E-state index contributed by atoms with van der Waals surface area (Å²) in [5.74, 6) is 0. The summed E-state index contributed by atoms with van der Waals surface area (Å²) in [5.41, 5.74) is 4.01. The smallest absolute Gasteiger partial charge is 0.164 e. The van der Waals surface area contributed by atoms with Crippen molar-refractivity contribution in [2.75, 3.05) is 37.8 Å². The Labute approximate surface area is 145 Å². The van der Waals surface area contributed by atoms with Crippen molar-refractivity contribution in [1.29, 1.82) is 10.7 Å². The summed E-state index contributed by atoms with van der Waals surface area (Å²) in [6, 6.07) is 10.1. The van der Waals surface area contributed by atoms with E-state index in [1.54, 1.807) is 0 Å². The molecule has 0 bridgehead atoms. The highest BCUT2D eigenvalue weighted by Crippen LogP contribution is 2.20. The molecule has 7 heteroatoms. The molecule has 0 aliphatic carbocycles. The van der Waals surface area contributed by atoms with Gasteiger partial charge in [-0.2, -0.15) is 10.4 Å². The number of benzene rings is 1. The lowest BCUT2D eigenvalue weighted by Crippen LogP contribution is -2.36. The van der Waals surface area contributed by atoms with Gasteiger partial charge in [0.1, 0.15) is 11.6 Å². The maximum atomic E-state index is 9.49. The predicted molar refractivity (Wildman–Crippen MR) is 90.5 cm³/mol. The fraction of sp³-hybridized carbons (Fsp3) is 0.389. The molecular formula is C18H19N5O2. The van der Waals surface area contributed by atoms with Crippen molar-refractivity contribution in [3.8, 4) is 11.8 Å². The SMILES string of the molecule is N#Cc1c2c(nn(-c3ccc(N4CCOCC4)cc3)c1=N)COCC2. The number of aromatic nitrogens is 2. The first kappa shape index (κ1) is 15.8. The molecule has 0 unspecified atom stereocenters. The van der Waals surface area contributed by atoms with Gasteiger partial charge in [-0.1, -0.05) is 0 Å². The van der Waals surface area contributed by atoms with Crippen LogP contribution in [0, 0.1) is 16.7 Å². The Kier molecular flexibility index (Phi) is 4.22. The van der Waals surface area contributed by atoms with E-state index in [-0.39, 0.29) is 5.49 Å². The predicted octanol–water partition coefficient (Wildman–Crippen LogP) is 1.13. The van der Waals surface area contributed by atoms with E-state index < -0.39 is 0 Å². The molecule has 3 heterocycles. The second-order valence-electron chi connectivity index (χ2n) is 6.09. The number of fused-ring (bicyclic) bond motifs is 1. The Bertz CT molecular complexity index is 876. The third-order valence-corrected chi connectivity index (χ3v) is 4.64. The zero-order valence-electron chi connectivity index (χ0n) is 13.9. The van der Waals surface area contributed by atoms with Crippen LogP contribution in [0.2, 0.25) is 0 Å². The Balaban J connectivity index is 1.72. The molecule has 128 valence electrons. The first-order chi connectivity index (χ1) is 12.3. The summed E-state index contributed by atoms with van der Waals surface area (Å²) in [6.07, 6.45) is 0.633. The fourth-order valence-electron chi connectivity index (χ4n) is 3.29. The largest absolute Gasteiger partial charge is 0.378 e. The van der Waals surface area contributed by atoms with Crippen molar-refractivity contribution in [3.63, 3.8) is 0 Å². The van der Waals surface area contributed by atoms with Crippen molar-refractivity contribution in [2.24, 2.45) is 0 Å². The molecule has 1 fully saturated rings. The molecule has 0 saturated carbocycles. The highest BCUT2D eigenvalue weighted by molar-refractivity contribution is 5.51. The molecule has 7 nitrogen and oxygen atoms in total. The number of hydrogen-bond donors (Lipinski definition) is 1. The molecule has 1 aromatic heterocycles. The lowest BCUT2D eigenvalue weighted by atomic mass is 10.0. The molecule has 1 saturated heterocycles. The van der Waals surface area contributed by atoms with Gasteiger partial charge in [-0.05, 0) is 30.7 Å². The van der Waals surface area contributed by atoms with E-state index in [9.17, 15) is 5.26 Å². The van der Waals surface area contributed by atoms with E-state index >= 15 is 0 Å². The van der Waals surface area contributed by atoms with Crippen LogP contribution < -0.4 is 10.4 Å². The molecule has 2 aromatic rings. The molecule has 4 rings (SSSR count). The minimum Gasteiger partial charge on any atom is -0.378 e. The van der Waals surface area contributed by atoms with Gasteiger partial charge in [-0.25, -0.2) is 4.68 Å². The quantitative estimate of drug-likeness (QED) is 0.888. The van der Waals surface area contributed by atoms with E-state index in [1.165, 1.54) is 4.68 Å². The number of rotatable bonds is 2. The Morgan fingerprint density at radius 2 is 1.76 bits per heavy atom. The Morgan fingerprint density at radius 1 is 1.04 bits per heavy atom. The van der Waals surface area contributed by atoms with Gasteiger partial charge in [-0.15, -0.1) is 0 Å². The maximum absolute atomic E-state index is 9.49. The van der Waals surface area contributed by atoms with Crippen molar-refractivity contribution in [2.45, 2.75) is 13.0 Å². The first-order valence-corrected chi connectivity index (χ1v) is 8.38. The molecule has 1 N–H and O–H groups in total. The standard InChI is InChI=1S/C18H19N5O2/c19-11-16-15-5-8-25-12-17(15)21-23(18(16)20)14-3-1-13(2-4-14)22-6-9-24-10-7-22/h1-4,20H,5-10,12H2. The van der Waals surface area contributed by atoms with Crippen LogP contribution in [-0.4, -0.2) is 42.7 Å². The lowest BCUT2D eigenvalue weighted by Gasteiger charge is -2.29. The van der Waals surface area contributed by atoms with Crippen LogP contribution in [-0.2, 0) is 22.5 Å². The van der Waals surface area contributed by atoms with Gasteiger partial charge >= 0.3 is 0 Å². The van der Waals surface area contributed by atoms with Gasteiger partial charge < -0.3 is 14.4 Å². The second kappa shape index (κ2) is 6.67. The number of nitrogens with one attached hydrogen (secondary N) is 1. The highest BCUT2D eigenvalue weighted by Gasteiger charge is 2.19. The first-order valence-electron chi connectivity index (χ1n) is 8.38. The summed E-state index contributed by atoms with van der Waals surface area (Å²) < 4.78 is 12.4. The van der Waals surface area contributed by atoms with Crippen molar-refractivity contribution >= 4 is 5.69 Å². The molecule has 0 radical (unpaired) electrons. The number of hydrogen-bond acceptors (Lipinski definition) is 6. The minimum absolute atomic E-state index is 0.127. The van der Waals surface area contributed by atoms with E-state index in [2.05, 4.69) is 16.1 Å². The number of nitrogens with zero attached hydrogens (tertiary/aromatic N) is 4. The normalized spacial score (nSPS) is 17.0. The van der Waals surface area contributed by atoms with Crippen molar-refractivity contribution in [3.05, 3.63) is 46.6 Å². The van der Waals surface area contributed by atoms with E-state index in [4.69, 9.17) is 14.9 Å². The van der Waals surface area contributed by atoms with Crippen molar-refractivity contribution in [1.82, 2.24) is 9.78 Å². The Morgan fingerprint density at radius 3 is 2.48 bits per heavy atom. The van der Waals surface area contributed by atoms with Crippen molar-refractivity contribution < 1.29 is 9.47 Å². The monoisotopic (exact) mass is 337 g/mol. The zero-order valence-corrected chi connectivity index (χ0v) is 13.9. The van der Waals surface area contributed by atoms with E-state index in [0.29, 0.717) is 25.2 Å². The van der Waals surface area contributed by atoms with Gasteiger partial charge in [0, 0.05) is 24.3 Å². The third kappa shape index (κ3) is 2.90. The fourth-order valence-corrected chi connectivity index (χ4v) is 3.29. The molecule has 2 aliphatic heterocycles. The molecular weight excluding hydrogens is 318 g/mol. The number of ether oxygens (including phenoxy) is 2. The Hall–Kier alpha value is -2.69. The van der Waals surface area contributed by atoms with Crippen LogP contribution >= 0.6 is 0 Å². The van der Waals surface area contributed by atoms with Gasteiger partial charge in [0.25, 0.3) is 0 Å². The number of anilines is 1. The molecule has 0 atom stereocenters. The summed E-state index contributed by atoms with van der Waals surface area (Å²) >= 11 is 0. The van der Waals surface area contributed by atoms with Crippen LogP contribution in [0.25, 0.3) is 5.69 Å². The third-order valence-electron chi connectivity index (χ3n) is 4.64. The summed E-state index contributed by atoms with van der Waals surface area (Å²) in [6.45, 7) is 4.19. The lowest BCUT2D eigenvalue weighted by molar-refractivity contribution is 0.105. The summed E-state index contributed by atoms with van der Waals surface area (Å²) in [4.78, 5) is 2.27. The molecule has 0 spiro atoms. The van der Waals surface area contributed by atoms with E-state index in [0.717, 1.165) is 48.9 Å². The van der Waals surface area contributed by atoms with Crippen LogP contribution in [0.5, 0.6) is 0 Å². The maximum Gasteiger partial charge on any atom is 0.164 e. The number of morpholine rings is 1. The number of nitriles is 1. The average Bonchev–Trinajstić information content (AvgIpc) is 2.68. The van der Waals surface area contributed by atoms with Crippen LogP contribution in [0.15, 0.2) is 24.3 Å². The van der Waals surface area contributed by atoms with Gasteiger partial charge in [-0.3, -0.25) is 5.41 Å². The van der Waals surface area contributed by atoms with Gasteiger partial charge in [0.2, 0.25) is 0 Å². The van der Waals surface area contributed by atoms with Crippen LogP contribution in [0.3, 0.4) is 0 Å². The van der Waals surface area contributed by atoms with Crippen LogP contribution in [0.1, 0.15) is 16.8 Å². The minimum atomic E-state index is 0.127.